The topological polar surface area (TPSA) is 71.6 Å². The lowest BCUT2D eigenvalue weighted by Crippen LogP contribution is -2.33. The number of aliphatic hydroxyl groups is 1. The number of anilines is 1. The minimum absolute atomic E-state index is 0.314. The Labute approximate surface area is 102 Å². The number of aliphatic hydroxyl groups excluding tert-OH is 1. The average Bonchev–Trinajstić information content (AvgIpc) is 2.29. The van der Waals surface area contributed by atoms with Crippen LogP contribution in [-0.4, -0.2) is 43.5 Å². The van der Waals surface area contributed by atoms with E-state index in [1.54, 1.807) is 7.11 Å². The van der Waals surface area contributed by atoms with E-state index in [-0.39, 0.29) is 0 Å². The molecule has 0 aromatic carbocycles. The fourth-order valence-electron chi connectivity index (χ4n) is 1.71. The molecule has 1 atom stereocenters. The lowest BCUT2D eigenvalue weighted by atomic mass is 10.2. The van der Waals surface area contributed by atoms with Crippen LogP contribution in [0.1, 0.15) is 11.3 Å². The Morgan fingerprint density at radius 3 is 2.82 bits per heavy atom. The molecule has 0 radical (unpaired) electrons. The predicted octanol–water partition coefficient (Wildman–Crippen LogP) is 0.292. The van der Waals surface area contributed by atoms with Gasteiger partial charge in [-0.15, -0.1) is 0 Å². The van der Waals surface area contributed by atoms with Crippen molar-refractivity contribution < 1.29 is 9.84 Å². The van der Waals surface area contributed by atoms with Crippen molar-refractivity contribution in [3.8, 4) is 0 Å². The minimum atomic E-state index is -0.530. The van der Waals surface area contributed by atoms with Gasteiger partial charge in [0.1, 0.15) is 5.82 Å². The van der Waals surface area contributed by atoms with Crippen molar-refractivity contribution in [3.63, 3.8) is 0 Å². The first-order valence-corrected chi connectivity index (χ1v) is 5.63. The third kappa shape index (κ3) is 3.96. The third-order valence-electron chi connectivity index (χ3n) is 2.52. The molecule has 3 N–H and O–H groups in total. The summed E-state index contributed by atoms with van der Waals surface area (Å²) in [6, 6.07) is 3.90. The molecule has 0 aliphatic rings. The molecule has 5 nitrogen and oxygen atoms in total. The van der Waals surface area contributed by atoms with Crippen molar-refractivity contribution in [2.45, 2.75) is 19.6 Å². The highest BCUT2D eigenvalue weighted by Gasteiger charge is 2.12. The number of ether oxygens (including phenoxy) is 1. The van der Waals surface area contributed by atoms with Crippen molar-refractivity contribution >= 4 is 5.82 Å². The molecule has 1 aromatic rings. The van der Waals surface area contributed by atoms with Crippen LogP contribution in [0.4, 0.5) is 5.82 Å². The number of hydrogen-bond donors (Lipinski definition) is 2. The molecule has 0 fully saturated rings. The third-order valence-corrected chi connectivity index (χ3v) is 2.52. The second-order valence-corrected chi connectivity index (χ2v) is 4.13. The quantitative estimate of drug-likeness (QED) is 0.746. The molecule has 0 amide bonds. The molecule has 96 valence electrons. The Kier molecular flexibility index (Phi) is 5.34. The molecular weight excluding hydrogens is 218 g/mol. The fourth-order valence-corrected chi connectivity index (χ4v) is 1.71. The zero-order chi connectivity index (χ0) is 12.8. The number of nitrogens with zero attached hydrogens (tertiary/aromatic N) is 2. The zero-order valence-corrected chi connectivity index (χ0v) is 10.7. The average molecular weight is 239 g/mol. The first-order valence-electron chi connectivity index (χ1n) is 5.63. The largest absolute Gasteiger partial charge is 0.389 e. The fraction of sp³-hybridized carbons (Fsp3) is 0.583. The predicted molar refractivity (Wildman–Crippen MR) is 68.0 cm³/mol. The van der Waals surface area contributed by atoms with E-state index in [0.717, 1.165) is 17.1 Å². The van der Waals surface area contributed by atoms with E-state index in [1.165, 1.54) is 0 Å². The van der Waals surface area contributed by atoms with Gasteiger partial charge in [-0.3, -0.25) is 0 Å². The Morgan fingerprint density at radius 2 is 2.24 bits per heavy atom. The van der Waals surface area contributed by atoms with Gasteiger partial charge in [-0.05, 0) is 13.0 Å². The summed E-state index contributed by atoms with van der Waals surface area (Å²) < 4.78 is 4.90. The van der Waals surface area contributed by atoms with Crippen molar-refractivity contribution in [1.82, 2.24) is 4.98 Å². The standard InChI is InChI=1S/C12H21N3O2/c1-9-4-5-10(6-13)12(14-9)15(2)7-11(16)8-17-3/h4-5,11,16H,6-8,13H2,1-3H3. The van der Waals surface area contributed by atoms with Crippen LogP contribution in [0.2, 0.25) is 0 Å². The maximum Gasteiger partial charge on any atom is 0.133 e. The van der Waals surface area contributed by atoms with Gasteiger partial charge in [0.15, 0.2) is 0 Å². The highest BCUT2D eigenvalue weighted by molar-refractivity contribution is 5.47. The summed E-state index contributed by atoms with van der Waals surface area (Å²) >= 11 is 0. The maximum absolute atomic E-state index is 9.69. The van der Waals surface area contributed by atoms with Crippen molar-refractivity contribution in [1.29, 1.82) is 0 Å². The van der Waals surface area contributed by atoms with Gasteiger partial charge in [-0.2, -0.15) is 0 Å². The van der Waals surface area contributed by atoms with Crippen LogP contribution in [0, 0.1) is 6.92 Å². The van der Waals surface area contributed by atoms with Crippen LogP contribution in [0.3, 0.4) is 0 Å². The van der Waals surface area contributed by atoms with Crippen LogP contribution in [-0.2, 0) is 11.3 Å². The smallest absolute Gasteiger partial charge is 0.133 e. The van der Waals surface area contributed by atoms with Gasteiger partial charge in [0.2, 0.25) is 0 Å². The molecule has 0 saturated heterocycles. The number of pyridine rings is 1. The Balaban J connectivity index is 2.79. The van der Waals surface area contributed by atoms with E-state index in [9.17, 15) is 5.11 Å². The van der Waals surface area contributed by atoms with E-state index in [1.807, 2.05) is 31.0 Å². The van der Waals surface area contributed by atoms with Gasteiger partial charge in [-0.25, -0.2) is 4.98 Å². The molecule has 0 aliphatic carbocycles. The van der Waals surface area contributed by atoms with E-state index < -0.39 is 6.10 Å². The Hall–Kier alpha value is -1.17. The van der Waals surface area contributed by atoms with Crippen molar-refractivity contribution in [2.24, 2.45) is 5.73 Å². The number of aryl methyl sites for hydroxylation is 1. The van der Waals surface area contributed by atoms with Crippen LogP contribution in [0.15, 0.2) is 12.1 Å². The highest BCUT2D eigenvalue weighted by Crippen LogP contribution is 2.17. The minimum Gasteiger partial charge on any atom is -0.389 e. The molecule has 1 rings (SSSR count). The molecule has 5 heteroatoms. The zero-order valence-electron chi connectivity index (χ0n) is 10.7. The summed E-state index contributed by atoms with van der Waals surface area (Å²) in [5.74, 6) is 0.822. The van der Waals surface area contributed by atoms with E-state index >= 15 is 0 Å². The Morgan fingerprint density at radius 1 is 1.53 bits per heavy atom. The number of aromatic nitrogens is 1. The molecule has 17 heavy (non-hydrogen) atoms. The summed E-state index contributed by atoms with van der Waals surface area (Å²) in [7, 11) is 3.46. The number of nitrogens with two attached hydrogens (primary N) is 1. The summed E-state index contributed by atoms with van der Waals surface area (Å²) in [5.41, 5.74) is 7.58. The van der Waals surface area contributed by atoms with E-state index in [2.05, 4.69) is 4.98 Å². The van der Waals surface area contributed by atoms with Gasteiger partial charge in [0, 0.05) is 38.5 Å². The molecule has 0 aliphatic heterocycles. The first kappa shape index (κ1) is 13.9. The molecule has 1 unspecified atom stereocenters. The van der Waals surface area contributed by atoms with Crippen LogP contribution >= 0.6 is 0 Å². The van der Waals surface area contributed by atoms with Crippen LogP contribution in [0.5, 0.6) is 0 Å². The first-order chi connectivity index (χ1) is 8.08. The highest BCUT2D eigenvalue weighted by atomic mass is 16.5. The normalized spacial score (nSPS) is 12.5. The van der Waals surface area contributed by atoms with Gasteiger partial charge < -0.3 is 20.5 Å². The summed E-state index contributed by atoms with van der Waals surface area (Å²) in [5, 5.41) is 9.69. The summed E-state index contributed by atoms with van der Waals surface area (Å²) in [4.78, 5) is 6.35. The van der Waals surface area contributed by atoms with Gasteiger partial charge >= 0.3 is 0 Å². The molecule has 0 saturated carbocycles. The maximum atomic E-state index is 9.69. The lowest BCUT2D eigenvalue weighted by molar-refractivity contribution is 0.0694. The number of likely N-dealkylation sites (N-methyl/N-ethyl adjacent to an activating group) is 1. The van der Waals surface area contributed by atoms with Crippen molar-refractivity contribution in [3.05, 3.63) is 23.4 Å². The van der Waals surface area contributed by atoms with E-state index in [4.69, 9.17) is 10.5 Å². The molecular formula is C12H21N3O2. The summed E-state index contributed by atoms with van der Waals surface area (Å²) in [6.45, 7) is 3.15. The Bertz CT molecular complexity index is 358. The molecule has 1 aromatic heterocycles. The second-order valence-electron chi connectivity index (χ2n) is 4.13. The number of rotatable bonds is 6. The number of hydrogen-bond acceptors (Lipinski definition) is 5. The van der Waals surface area contributed by atoms with Crippen LogP contribution < -0.4 is 10.6 Å². The van der Waals surface area contributed by atoms with Crippen molar-refractivity contribution in [2.75, 3.05) is 32.2 Å². The molecule has 0 spiro atoms. The van der Waals surface area contributed by atoms with Gasteiger partial charge in [0.05, 0.1) is 12.7 Å². The lowest BCUT2D eigenvalue weighted by Gasteiger charge is -2.23. The van der Waals surface area contributed by atoms with E-state index in [0.29, 0.717) is 19.7 Å². The SMILES string of the molecule is COCC(O)CN(C)c1nc(C)ccc1CN. The number of methoxy groups -OCH3 is 1. The van der Waals surface area contributed by atoms with Crippen LogP contribution in [0.25, 0.3) is 0 Å². The molecule has 1 heterocycles. The van der Waals surface area contributed by atoms with Gasteiger partial charge in [0.25, 0.3) is 0 Å². The van der Waals surface area contributed by atoms with Gasteiger partial charge in [-0.1, -0.05) is 6.07 Å². The molecule has 0 bridgehead atoms. The summed E-state index contributed by atoms with van der Waals surface area (Å²) in [6.07, 6.45) is -0.530. The monoisotopic (exact) mass is 239 g/mol. The second kappa shape index (κ2) is 6.54.